The lowest BCUT2D eigenvalue weighted by Crippen LogP contribution is -2.52. The number of sulfonamides is 1. The third-order valence-corrected chi connectivity index (χ3v) is 8.72. The van der Waals surface area contributed by atoms with Crippen LogP contribution >= 0.6 is 0 Å². The average Bonchev–Trinajstić information content (AvgIpc) is 2.95. The number of amides is 2. The van der Waals surface area contributed by atoms with Crippen LogP contribution in [0.25, 0.3) is 0 Å². The molecule has 3 aromatic rings. The van der Waals surface area contributed by atoms with Crippen molar-refractivity contribution < 1.29 is 22.4 Å². The number of hydrogen-bond donors (Lipinski definition) is 1. The Morgan fingerprint density at radius 3 is 2.05 bits per heavy atom. The van der Waals surface area contributed by atoms with E-state index in [9.17, 15) is 22.4 Å². The Hall–Kier alpha value is -3.72. The minimum atomic E-state index is -4.14. The van der Waals surface area contributed by atoms with Gasteiger partial charge in [0.05, 0.1) is 10.6 Å². The van der Waals surface area contributed by atoms with Crippen molar-refractivity contribution in [1.82, 2.24) is 10.2 Å². The minimum Gasteiger partial charge on any atom is -0.354 e. The molecule has 220 valence electrons. The molecule has 0 saturated heterocycles. The number of rotatable bonds is 13. The number of nitrogens with zero attached hydrogens (tertiary/aromatic N) is 2. The molecule has 3 rings (SSSR count). The number of aryl methyl sites for hydroxylation is 1. The monoisotopic (exact) mass is 581 g/mol. The predicted molar refractivity (Wildman–Crippen MR) is 161 cm³/mol. The highest BCUT2D eigenvalue weighted by Crippen LogP contribution is 2.27. The van der Waals surface area contributed by atoms with Crippen LogP contribution in [0.2, 0.25) is 0 Å². The van der Waals surface area contributed by atoms with E-state index in [1.54, 1.807) is 43.3 Å². The van der Waals surface area contributed by atoms with Crippen LogP contribution in [0.3, 0.4) is 0 Å². The lowest BCUT2D eigenvalue weighted by Gasteiger charge is -2.33. The molecule has 0 aliphatic heterocycles. The van der Waals surface area contributed by atoms with Crippen molar-refractivity contribution in [2.45, 2.75) is 70.9 Å². The second-order valence-electron chi connectivity index (χ2n) is 10.4. The van der Waals surface area contributed by atoms with E-state index in [1.807, 2.05) is 39.8 Å². The molecule has 0 heterocycles. The van der Waals surface area contributed by atoms with Gasteiger partial charge in [-0.2, -0.15) is 0 Å². The van der Waals surface area contributed by atoms with E-state index < -0.39 is 34.3 Å². The summed E-state index contributed by atoms with van der Waals surface area (Å²) in [5.74, 6) is -1.04. The second-order valence-corrected chi connectivity index (χ2v) is 12.3. The molecule has 1 atom stereocenters. The molecule has 0 aliphatic rings. The Bertz CT molecular complexity index is 1410. The molecule has 0 radical (unpaired) electrons. The molecule has 0 saturated carbocycles. The largest absolute Gasteiger partial charge is 0.354 e. The summed E-state index contributed by atoms with van der Waals surface area (Å²) in [6, 6.07) is 18.4. The van der Waals surface area contributed by atoms with Gasteiger partial charge in [-0.3, -0.25) is 13.9 Å². The Morgan fingerprint density at radius 1 is 0.902 bits per heavy atom. The first-order valence-corrected chi connectivity index (χ1v) is 15.4. The molecule has 1 N–H and O–H groups in total. The molecule has 0 spiro atoms. The molecule has 9 heteroatoms. The number of anilines is 1. The van der Waals surface area contributed by atoms with Crippen LogP contribution in [0.4, 0.5) is 10.1 Å². The van der Waals surface area contributed by atoms with Crippen molar-refractivity contribution in [2.75, 3.05) is 17.4 Å². The van der Waals surface area contributed by atoms with Crippen molar-refractivity contribution >= 4 is 27.5 Å². The highest BCUT2D eigenvalue weighted by molar-refractivity contribution is 7.92. The van der Waals surface area contributed by atoms with Gasteiger partial charge < -0.3 is 10.2 Å². The van der Waals surface area contributed by atoms with Crippen LogP contribution < -0.4 is 9.62 Å². The van der Waals surface area contributed by atoms with Gasteiger partial charge in [-0.25, -0.2) is 12.8 Å². The SMILES string of the molecule is CCCNC(=O)[C@@H](CC)N(Cc1ccc(F)cc1)C(=O)CN(c1ccc(C(C)C)cc1)S(=O)(=O)c1ccc(C)cc1. The third-order valence-electron chi connectivity index (χ3n) is 6.94. The van der Waals surface area contributed by atoms with Gasteiger partial charge in [-0.05, 0) is 73.2 Å². The van der Waals surface area contributed by atoms with Crippen LogP contribution in [-0.2, 0) is 26.2 Å². The number of carbonyl (C=O) groups excluding carboxylic acids is 2. The first kappa shape index (κ1) is 31.8. The number of nitrogens with one attached hydrogen (secondary N) is 1. The summed E-state index contributed by atoms with van der Waals surface area (Å²) >= 11 is 0. The first-order valence-electron chi connectivity index (χ1n) is 14.0. The summed E-state index contributed by atoms with van der Waals surface area (Å²) in [7, 11) is -4.14. The lowest BCUT2D eigenvalue weighted by molar-refractivity contribution is -0.140. The van der Waals surface area contributed by atoms with Crippen LogP contribution in [0.1, 0.15) is 63.1 Å². The summed E-state index contributed by atoms with van der Waals surface area (Å²) in [5, 5.41) is 2.85. The first-order chi connectivity index (χ1) is 19.5. The van der Waals surface area contributed by atoms with E-state index in [0.717, 1.165) is 21.9 Å². The molecule has 2 amide bonds. The van der Waals surface area contributed by atoms with Gasteiger partial charge in [0.1, 0.15) is 18.4 Å². The molecule has 0 aromatic heterocycles. The normalized spacial score (nSPS) is 12.2. The zero-order chi connectivity index (χ0) is 30.2. The van der Waals surface area contributed by atoms with E-state index in [-0.39, 0.29) is 23.3 Å². The van der Waals surface area contributed by atoms with E-state index in [4.69, 9.17) is 0 Å². The number of halogens is 1. The van der Waals surface area contributed by atoms with Crippen molar-refractivity contribution in [3.05, 3.63) is 95.3 Å². The van der Waals surface area contributed by atoms with Crippen LogP contribution in [0, 0.1) is 12.7 Å². The molecule has 0 unspecified atom stereocenters. The smallest absolute Gasteiger partial charge is 0.264 e. The Labute approximate surface area is 243 Å². The molecule has 0 fully saturated rings. The molecule has 7 nitrogen and oxygen atoms in total. The van der Waals surface area contributed by atoms with Crippen molar-refractivity contribution in [2.24, 2.45) is 0 Å². The minimum absolute atomic E-state index is 0.0157. The molecule has 3 aromatic carbocycles. The van der Waals surface area contributed by atoms with Gasteiger partial charge in [0, 0.05) is 13.1 Å². The quantitative estimate of drug-likeness (QED) is 0.277. The van der Waals surface area contributed by atoms with Crippen molar-refractivity contribution in [1.29, 1.82) is 0 Å². The Balaban J connectivity index is 2.06. The lowest BCUT2D eigenvalue weighted by atomic mass is 10.0. The maximum atomic E-state index is 14.0. The maximum absolute atomic E-state index is 14.0. The summed E-state index contributed by atoms with van der Waals surface area (Å²) in [5.41, 5.74) is 2.90. The molecular formula is C32H40FN3O4S. The molecule has 41 heavy (non-hydrogen) atoms. The fraction of sp³-hybridized carbons (Fsp3) is 0.375. The number of carbonyl (C=O) groups is 2. The maximum Gasteiger partial charge on any atom is 0.264 e. The summed E-state index contributed by atoms with van der Waals surface area (Å²) in [4.78, 5) is 28.6. The molecule has 0 aliphatic carbocycles. The second kappa shape index (κ2) is 14.3. The van der Waals surface area contributed by atoms with Crippen LogP contribution in [0.5, 0.6) is 0 Å². The fourth-order valence-electron chi connectivity index (χ4n) is 4.46. The topological polar surface area (TPSA) is 86.8 Å². The van der Waals surface area contributed by atoms with Gasteiger partial charge in [0.15, 0.2) is 0 Å². The molecular weight excluding hydrogens is 541 g/mol. The van der Waals surface area contributed by atoms with E-state index in [1.165, 1.54) is 29.2 Å². The molecule has 0 bridgehead atoms. The van der Waals surface area contributed by atoms with Crippen LogP contribution in [0.15, 0.2) is 77.7 Å². The average molecular weight is 582 g/mol. The Kier molecular flexibility index (Phi) is 11.1. The van der Waals surface area contributed by atoms with Gasteiger partial charge in [-0.1, -0.05) is 69.7 Å². The van der Waals surface area contributed by atoms with Crippen molar-refractivity contribution in [3.63, 3.8) is 0 Å². The number of hydrogen-bond acceptors (Lipinski definition) is 4. The van der Waals surface area contributed by atoms with Gasteiger partial charge in [0.2, 0.25) is 11.8 Å². The third kappa shape index (κ3) is 8.16. The summed E-state index contributed by atoms with van der Waals surface area (Å²) in [6.45, 7) is 9.63. The zero-order valence-corrected chi connectivity index (χ0v) is 25.2. The fourth-order valence-corrected chi connectivity index (χ4v) is 5.88. The van der Waals surface area contributed by atoms with Gasteiger partial charge in [-0.15, -0.1) is 0 Å². The van der Waals surface area contributed by atoms with E-state index >= 15 is 0 Å². The number of benzene rings is 3. The predicted octanol–water partition coefficient (Wildman–Crippen LogP) is 5.79. The van der Waals surface area contributed by atoms with Crippen LogP contribution in [-0.4, -0.2) is 44.3 Å². The standard InChI is InChI=1S/C32H40FN3O4S/c1-6-20-34-32(38)30(7-2)35(21-25-10-14-27(33)15-11-25)31(37)22-36(28-16-12-26(13-17-28)23(3)4)41(39,40)29-18-8-24(5)9-19-29/h8-19,23,30H,6-7,20-22H2,1-5H3,(H,34,38)/t30-/m1/s1. The van der Waals surface area contributed by atoms with Gasteiger partial charge >= 0.3 is 0 Å². The van der Waals surface area contributed by atoms with Gasteiger partial charge in [0.25, 0.3) is 10.0 Å². The highest BCUT2D eigenvalue weighted by Gasteiger charge is 2.33. The summed E-state index contributed by atoms with van der Waals surface area (Å²) in [6.07, 6.45) is 1.04. The summed E-state index contributed by atoms with van der Waals surface area (Å²) < 4.78 is 42.6. The van der Waals surface area contributed by atoms with E-state index in [0.29, 0.717) is 24.2 Å². The zero-order valence-electron chi connectivity index (χ0n) is 24.4. The van der Waals surface area contributed by atoms with E-state index in [2.05, 4.69) is 5.32 Å². The highest BCUT2D eigenvalue weighted by atomic mass is 32.2. The van der Waals surface area contributed by atoms with Crippen molar-refractivity contribution in [3.8, 4) is 0 Å². The Morgan fingerprint density at radius 2 is 1.51 bits per heavy atom.